The van der Waals surface area contributed by atoms with Gasteiger partial charge < -0.3 is 0 Å². The summed E-state index contributed by atoms with van der Waals surface area (Å²) in [6, 6.07) is 11.6. The molecule has 1 aliphatic carbocycles. The Morgan fingerprint density at radius 3 is 2.84 bits per heavy atom. The number of terminal acetylenes is 1. The van der Waals surface area contributed by atoms with Crippen molar-refractivity contribution in [2.75, 3.05) is 5.12 Å². The van der Waals surface area contributed by atoms with Gasteiger partial charge >= 0.3 is 0 Å². The molecule has 0 N–H and O–H groups in total. The summed E-state index contributed by atoms with van der Waals surface area (Å²) in [5.74, 6) is 1.98. The lowest BCUT2D eigenvalue weighted by Crippen LogP contribution is -2.23. The van der Waals surface area contributed by atoms with Crippen molar-refractivity contribution < 1.29 is 9.28 Å². The normalized spacial score (nSPS) is 13.6. The number of thiazole rings is 1. The molecule has 0 aliphatic heterocycles. The number of carbonyl (C=O) groups excluding carboxylic acids is 1. The van der Waals surface area contributed by atoms with Gasteiger partial charge in [-0.1, -0.05) is 33.9 Å². The molecule has 124 valence electrons. The molecular weight excluding hydrogens is 335 g/mol. The minimum Gasteiger partial charge on any atom is -0.272 e. The third-order valence-electron chi connectivity index (χ3n) is 4.38. The molecule has 2 aromatic carbocycles. The van der Waals surface area contributed by atoms with Crippen LogP contribution in [0.25, 0.3) is 21.3 Å². The van der Waals surface area contributed by atoms with Crippen molar-refractivity contribution in [2.45, 2.75) is 19.8 Å². The third-order valence-corrected chi connectivity index (χ3v) is 5.36. The van der Waals surface area contributed by atoms with E-state index in [1.54, 1.807) is 0 Å². The van der Waals surface area contributed by atoms with Gasteiger partial charge in [-0.3, -0.25) is 4.79 Å². The van der Waals surface area contributed by atoms with Gasteiger partial charge in [0.25, 0.3) is 5.91 Å². The lowest BCUT2D eigenvalue weighted by Gasteiger charge is -2.07. The zero-order valence-electron chi connectivity index (χ0n) is 13.6. The average molecular weight is 350 g/mol. The number of hydrogen-bond acceptors (Lipinski definition) is 3. The van der Waals surface area contributed by atoms with Gasteiger partial charge in [0.05, 0.1) is 10.2 Å². The molecule has 1 heterocycles. The van der Waals surface area contributed by atoms with Crippen LogP contribution in [0.3, 0.4) is 0 Å². The standard InChI is InChI=1S/C20H15FN2OS/c1-3-13-5-4-12(2)16(10-13)15-8-9-17-18(11-15)25-20(22-17)23(21)19(24)14-6-7-14/h1,4-5,8-11,14H,6-7H2,2H3. The van der Waals surface area contributed by atoms with Crippen LogP contribution in [-0.4, -0.2) is 10.9 Å². The van der Waals surface area contributed by atoms with Crippen LogP contribution in [-0.2, 0) is 4.79 Å². The number of amides is 1. The first-order chi connectivity index (χ1) is 12.1. The van der Waals surface area contributed by atoms with Crippen LogP contribution < -0.4 is 5.12 Å². The number of carbonyl (C=O) groups is 1. The van der Waals surface area contributed by atoms with Gasteiger partial charge in [-0.2, -0.15) is 0 Å². The van der Waals surface area contributed by atoms with E-state index in [1.807, 2.05) is 43.3 Å². The van der Waals surface area contributed by atoms with Crippen LogP contribution in [0, 0.1) is 25.2 Å². The molecule has 0 radical (unpaired) electrons. The van der Waals surface area contributed by atoms with Gasteiger partial charge in [0.15, 0.2) is 0 Å². The van der Waals surface area contributed by atoms with E-state index in [9.17, 15) is 9.28 Å². The molecule has 4 rings (SSSR count). The SMILES string of the molecule is C#Cc1ccc(C)c(-c2ccc3nc(N(F)C(=O)C4CC4)sc3c2)c1. The van der Waals surface area contributed by atoms with Crippen molar-refractivity contribution in [3.8, 4) is 23.5 Å². The molecule has 1 amide bonds. The highest BCUT2D eigenvalue weighted by atomic mass is 32.1. The third kappa shape index (κ3) is 2.90. The van der Waals surface area contributed by atoms with Gasteiger partial charge in [-0.05, 0) is 60.7 Å². The largest absolute Gasteiger partial charge is 0.272 e. The van der Waals surface area contributed by atoms with Gasteiger partial charge in [0, 0.05) is 11.5 Å². The van der Waals surface area contributed by atoms with E-state index in [-0.39, 0.29) is 16.2 Å². The van der Waals surface area contributed by atoms with Crippen LogP contribution in [0.4, 0.5) is 9.61 Å². The first-order valence-electron chi connectivity index (χ1n) is 8.05. The number of benzene rings is 2. The second-order valence-corrected chi connectivity index (χ2v) is 7.26. The van der Waals surface area contributed by atoms with Crippen molar-refractivity contribution in [1.82, 2.24) is 4.98 Å². The Labute approximate surface area is 149 Å². The zero-order valence-corrected chi connectivity index (χ0v) is 14.4. The molecule has 0 spiro atoms. The maximum atomic E-state index is 14.3. The highest BCUT2D eigenvalue weighted by Gasteiger charge is 2.35. The molecule has 3 nitrogen and oxygen atoms in total. The van der Waals surface area contributed by atoms with Gasteiger partial charge in [-0.25, -0.2) is 4.98 Å². The molecule has 0 saturated heterocycles. The van der Waals surface area contributed by atoms with Crippen molar-refractivity contribution in [1.29, 1.82) is 0 Å². The summed E-state index contributed by atoms with van der Waals surface area (Å²) in [6.07, 6.45) is 7.02. The second kappa shape index (κ2) is 5.98. The maximum Gasteiger partial charge on any atom is 0.260 e. The lowest BCUT2D eigenvalue weighted by molar-refractivity contribution is -0.122. The summed E-state index contributed by atoms with van der Waals surface area (Å²) in [7, 11) is 0. The van der Waals surface area contributed by atoms with Gasteiger partial charge in [0.1, 0.15) is 0 Å². The maximum absolute atomic E-state index is 14.3. The Morgan fingerprint density at radius 2 is 2.12 bits per heavy atom. The molecule has 0 atom stereocenters. The average Bonchev–Trinajstić information content (AvgIpc) is 3.39. The van der Waals surface area contributed by atoms with Crippen LogP contribution in [0.15, 0.2) is 36.4 Å². The molecule has 0 unspecified atom stereocenters. The number of nitrogens with zero attached hydrogens (tertiary/aromatic N) is 2. The van der Waals surface area contributed by atoms with E-state index in [1.165, 1.54) is 11.3 Å². The predicted octanol–water partition coefficient (Wildman–Crippen LogP) is 4.88. The summed E-state index contributed by atoms with van der Waals surface area (Å²) in [5, 5.41) is 0.296. The molecule has 0 bridgehead atoms. The fourth-order valence-electron chi connectivity index (χ4n) is 2.77. The van der Waals surface area contributed by atoms with Gasteiger partial charge in [0.2, 0.25) is 5.13 Å². The fraction of sp³-hybridized carbons (Fsp3) is 0.200. The predicted molar refractivity (Wildman–Crippen MR) is 99.0 cm³/mol. The first kappa shape index (κ1) is 15.8. The molecule has 3 aromatic rings. The molecule has 1 aliphatic rings. The van der Waals surface area contributed by atoms with E-state index in [2.05, 4.69) is 10.9 Å². The highest BCUT2D eigenvalue weighted by Crippen LogP contribution is 2.37. The van der Waals surface area contributed by atoms with E-state index in [0.717, 1.165) is 39.8 Å². The summed E-state index contributed by atoms with van der Waals surface area (Å²) >= 11 is 1.18. The van der Waals surface area contributed by atoms with E-state index < -0.39 is 5.91 Å². The number of anilines is 1. The van der Waals surface area contributed by atoms with E-state index >= 15 is 0 Å². The molecule has 1 aromatic heterocycles. The van der Waals surface area contributed by atoms with Crippen LogP contribution in [0.2, 0.25) is 0 Å². The quantitative estimate of drug-likeness (QED) is 0.498. The molecule has 1 fully saturated rings. The van der Waals surface area contributed by atoms with Crippen LogP contribution >= 0.6 is 11.3 Å². The van der Waals surface area contributed by atoms with E-state index in [0.29, 0.717) is 5.52 Å². The molecule has 1 saturated carbocycles. The molecular formula is C20H15FN2OS. The lowest BCUT2D eigenvalue weighted by atomic mass is 9.98. The summed E-state index contributed by atoms with van der Waals surface area (Å²) < 4.78 is 15.1. The monoisotopic (exact) mass is 350 g/mol. The summed E-state index contributed by atoms with van der Waals surface area (Å²) in [5.41, 5.74) is 4.64. The van der Waals surface area contributed by atoms with Crippen LogP contribution in [0.5, 0.6) is 0 Å². The fourth-order valence-corrected chi connectivity index (χ4v) is 3.69. The Hall–Kier alpha value is -2.71. The highest BCUT2D eigenvalue weighted by molar-refractivity contribution is 7.22. The van der Waals surface area contributed by atoms with Crippen LogP contribution in [0.1, 0.15) is 24.0 Å². The Morgan fingerprint density at radius 1 is 1.32 bits per heavy atom. The Kier molecular flexibility index (Phi) is 3.78. The van der Waals surface area contributed by atoms with Gasteiger partial charge in [-0.15, -0.1) is 11.5 Å². The number of rotatable bonds is 3. The van der Waals surface area contributed by atoms with E-state index in [4.69, 9.17) is 6.42 Å². The smallest absolute Gasteiger partial charge is 0.260 e. The summed E-state index contributed by atoms with van der Waals surface area (Å²) in [6.45, 7) is 2.02. The Balaban J connectivity index is 1.73. The number of halogens is 1. The number of aromatic nitrogens is 1. The second-order valence-electron chi connectivity index (χ2n) is 6.25. The topological polar surface area (TPSA) is 33.2 Å². The first-order valence-corrected chi connectivity index (χ1v) is 8.86. The minimum atomic E-state index is -0.489. The Bertz CT molecular complexity index is 1030. The van der Waals surface area contributed by atoms with Crippen molar-refractivity contribution in [2.24, 2.45) is 5.92 Å². The summed E-state index contributed by atoms with van der Waals surface area (Å²) in [4.78, 5) is 16.1. The van der Waals surface area contributed by atoms with Crippen molar-refractivity contribution in [3.05, 3.63) is 47.5 Å². The number of aryl methyl sites for hydroxylation is 1. The minimum absolute atomic E-state index is 0.0955. The molecule has 5 heteroatoms. The zero-order chi connectivity index (χ0) is 17.6. The van der Waals surface area contributed by atoms with Crippen molar-refractivity contribution in [3.63, 3.8) is 0 Å². The number of hydrogen-bond donors (Lipinski definition) is 0. The van der Waals surface area contributed by atoms with Crippen molar-refractivity contribution >= 4 is 32.6 Å². The molecule has 25 heavy (non-hydrogen) atoms. The number of fused-ring (bicyclic) bond motifs is 1.